The Morgan fingerprint density at radius 2 is 2.10 bits per heavy atom. The Labute approximate surface area is 122 Å². The number of sulfonamides is 1. The first kappa shape index (κ1) is 14.9. The van der Waals surface area contributed by atoms with E-state index in [1.54, 1.807) is 11.3 Å². The molecule has 20 heavy (non-hydrogen) atoms. The predicted octanol–water partition coefficient (Wildman–Crippen LogP) is 1.52. The van der Waals surface area contributed by atoms with E-state index < -0.39 is 10.0 Å². The number of nitrogens with one attached hydrogen (secondary N) is 2. The second kappa shape index (κ2) is 5.88. The van der Waals surface area contributed by atoms with Gasteiger partial charge < -0.3 is 5.43 Å². The molecule has 0 aliphatic rings. The standard InChI is InChI=1S/C12H16N4O2S2/c1-8-5-10(19-9(8)2)7-15-20(17,18)11-3-4-14-12(6-11)16-13/h3-6,15H,7,13H2,1-2H3,(H,14,16). The molecule has 0 saturated carbocycles. The lowest BCUT2D eigenvalue weighted by Gasteiger charge is -2.06. The van der Waals surface area contributed by atoms with Crippen LogP contribution in [0, 0.1) is 13.8 Å². The third kappa shape index (κ3) is 3.34. The van der Waals surface area contributed by atoms with Crippen molar-refractivity contribution in [2.24, 2.45) is 5.84 Å². The van der Waals surface area contributed by atoms with E-state index in [2.05, 4.69) is 15.1 Å². The largest absolute Gasteiger partial charge is 0.308 e. The van der Waals surface area contributed by atoms with Gasteiger partial charge in [-0.15, -0.1) is 11.3 Å². The monoisotopic (exact) mass is 312 g/mol. The van der Waals surface area contributed by atoms with Crippen LogP contribution in [0.5, 0.6) is 0 Å². The maximum absolute atomic E-state index is 12.2. The van der Waals surface area contributed by atoms with Gasteiger partial charge in [0.2, 0.25) is 10.0 Å². The SMILES string of the molecule is Cc1cc(CNS(=O)(=O)c2ccnc(NN)c2)sc1C. The zero-order chi connectivity index (χ0) is 14.8. The Hall–Kier alpha value is -1.48. The lowest BCUT2D eigenvalue weighted by Crippen LogP contribution is -2.23. The maximum Gasteiger partial charge on any atom is 0.241 e. The summed E-state index contributed by atoms with van der Waals surface area (Å²) < 4.78 is 26.9. The highest BCUT2D eigenvalue weighted by atomic mass is 32.2. The van der Waals surface area contributed by atoms with Crippen LogP contribution in [0.15, 0.2) is 29.3 Å². The first-order chi connectivity index (χ1) is 9.42. The predicted molar refractivity (Wildman–Crippen MR) is 79.9 cm³/mol. The van der Waals surface area contributed by atoms with E-state index in [1.165, 1.54) is 28.8 Å². The van der Waals surface area contributed by atoms with Crippen molar-refractivity contribution >= 4 is 27.2 Å². The number of thiophene rings is 1. The molecule has 0 spiro atoms. The number of aromatic nitrogens is 1. The van der Waals surface area contributed by atoms with Gasteiger partial charge in [0.05, 0.1) is 4.90 Å². The van der Waals surface area contributed by atoms with Crippen LogP contribution in [-0.4, -0.2) is 13.4 Å². The molecule has 2 aromatic rings. The van der Waals surface area contributed by atoms with Gasteiger partial charge >= 0.3 is 0 Å². The van der Waals surface area contributed by atoms with Gasteiger partial charge in [-0.3, -0.25) is 0 Å². The van der Waals surface area contributed by atoms with Crippen molar-refractivity contribution in [2.45, 2.75) is 25.3 Å². The molecule has 6 nitrogen and oxygen atoms in total. The average molecular weight is 312 g/mol. The molecule has 0 fully saturated rings. The van der Waals surface area contributed by atoms with Crippen LogP contribution < -0.4 is 16.0 Å². The number of anilines is 1. The van der Waals surface area contributed by atoms with E-state index in [0.29, 0.717) is 5.82 Å². The molecule has 0 aromatic carbocycles. The molecule has 4 N–H and O–H groups in total. The van der Waals surface area contributed by atoms with Crippen LogP contribution in [0.4, 0.5) is 5.82 Å². The summed E-state index contributed by atoms with van der Waals surface area (Å²) in [6.45, 7) is 4.29. The highest BCUT2D eigenvalue weighted by Gasteiger charge is 2.15. The van der Waals surface area contributed by atoms with Crippen LogP contribution in [0.25, 0.3) is 0 Å². The van der Waals surface area contributed by atoms with E-state index in [9.17, 15) is 8.42 Å². The van der Waals surface area contributed by atoms with Gasteiger partial charge in [0, 0.05) is 28.6 Å². The van der Waals surface area contributed by atoms with Crippen molar-refractivity contribution in [2.75, 3.05) is 5.43 Å². The van der Waals surface area contributed by atoms with Crippen LogP contribution >= 0.6 is 11.3 Å². The average Bonchev–Trinajstić information content (AvgIpc) is 2.76. The van der Waals surface area contributed by atoms with E-state index in [1.807, 2.05) is 19.9 Å². The zero-order valence-electron chi connectivity index (χ0n) is 11.2. The van der Waals surface area contributed by atoms with Gasteiger partial charge in [-0.2, -0.15) is 0 Å². The molecule has 0 unspecified atom stereocenters. The number of hydrazine groups is 1. The van der Waals surface area contributed by atoms with Crippen LogP contribution in [-0.2, 0) is 16.6 Å². The number of hydrogen-bond acceptors (Lipinski definition) is 6. The smallest absolute Gasteiger partial charge is 0.241 e. The molecule has 0 atom stereocenters. The molecule has 0 saturated heterocycles. The van der Waals surface area contributed by atoms with Crippen LogP contribution in [0.2, 0.25) is 0 Å². The fourth-order valence-corrected chi connectivity index (χ4v) is 3.75. The van der Waals surface area contributed by atoms with Crippen molar-refractivity contribution in [1.29, 1.82) is 0 Å². The van der Waals surface area contributed by atoms with Crippen molar-refractivity contribution in [3.05, 3.63) is 39.7 Å². The summed E-state index contributed by atoms with van der Waals surface area (Å²) >= 11 is 1.59. The minimum atomic E-state index is -3.57. The molecule has 8 heteroatoms. The highest BCUT2D eigenvalue weighted by Crippen LogP contribution is 2.21. The number of hydrogen-bond donors (Lipinski definition) is 3. The van der Waals surface area contributed by atoms with Crippen LogP contribution in [0.1, 0.15) is 15.3 Å². The Balaban J connectivity index is 2.14. The van der Waals surface area contributed by atoms with Crippen molar-refractivity contribution < 1.29 is 8.42 Å². The summed E-state index contributed by atoms with van der Waals surface area (Å²) in [6, 6.07) is 4.79. The zero-order valence-corrected chi connectivity index (χ0v) is 12.8. The van der Waals surface area contributed by atoms with E-state index in [0.717, 1.165) is 4.88 Å². The molecular weight excluding hydrogens is 296 g/mol. The van der Waals surface area contributed by atoms with Gasteiger partial charge in [-0.25, -0.2) is 24.0 Å². The molecule has 0 aliphatic heterocycles. The van der Waals surface area contributed by atoms with Gasteiger partial charge in [0.25, 0.3) is 0 Å². The minimum absolute atomic E-state index is 0.130. The van der Waals surface area contributed by atoms with Gasteiger partial charge in [0.15, 0.2) is 0 Å². The molecular formula is C12H16N4O2S2. The van der Waals surface area contributed by atoms with Crippen molar-refractivity contribution in [3.63, 3.8) is 0 Å². The fourth-order valence-electron chi connectivity index (χ4n) is 1.64. The Kier molecular flexibility index (Phi) is 4.39. The number of aryl methyl sites for hydroxylation is 2. The minimum Gasteiger partial charge on any atom is -0.308 e. The lowest BCUT2D eigenvalue weighted by atomic mass is 10.3. The third-order valence-electron chi connectivity index (χ3n) is 2.84. The van der Waals surface area contributed by atoms with E-state index in [-0.39, 0.29) is 11.4 Å². The second-order valence-corrected chi connectivity index (χ2v) is 7.41. The summed E-state index contributed by atoms with van der Waals surface area (Å²) in [7, 11) is -3.57. The molecule has 0 radical (unpaired) electrons. The van der Waals surface area contributed by atoms with Crippen molar-refractivity contribution in [1.82, 2.24) is 9.71 Å². The summed E-state index contributed by atoms with van der Waals surface area (Å²) in [6.07, 6.45) is 1.39. The number of nitrogens with zero attached hydrogens (tertiary/aromatic N) is 1. The fraction of sp³-hybridized carbons (Fsp3) is 0.250. The van der Waals surface area contributed by atoms with Gasteiger partial charge in [-0.1, -0.05) is 0 Å². The van der Waals surface area contributed by atoms with Gasteiger partial charge in [-0.05, 0) is 31.5 Å². The molecule has 108 valence electrons. The molecule has 2 rings (SSSR count). The quantitative estimate of drug-likeness (QED) is 0.574. The topological polar surface area (TPSA) is 97.1 Å². The molecule has 0 amide bonds. The van der Waals surface area contributed by atoms with Crippen molar-refractivity contribution in [3.8, 4) is 0 Å². The lowest BCUT2D eigenvalue weighted by molar-refractivity contribution is 0.581. The summed E-state index contributed by atoms with van der Waals surface area (Å²) in [4.78, 5) is 6.18. The first-order valence-electron chi connectivity index (χ1n) is 5.90. The Morgan fingerprint density at radius 1 is 1.35 bits per heavy atom. The second-order valence-electron chi connectivity index (χ2n) is 4.30. The third-order valence-corrected chi connectivity index (χ3v) is 5.39. The summed E-state index contributed by atoms with van der Waals surface area (Å²) in [5.74, 6) is 5.52. The van der Waals surface area contributed by atoms with Gasteiger partial charge in [0.1, 0.15) is 5.82 Å². The molecule has 2 aromatic heterocycles. The van der Waals surface area contributed by atoms with E-state index in [4.69, 9.17) is 5.84 Å². The summed E-state index contributed by atoms with van der Waals surface area (Å²) in [5.41, 5.74) is 3.49. The first-order valence-corrected chi connectivity index (χ1v) is 8.20. The highest BCUT2D eigenvalue weighted by molar-refractivity contribution is 7.89. The maximum atomic E-state index is 12.2. The number of nitrogen functional groups attached to an aromatic ring is 1. The molecule has 2 heterocycles. The summed E-state index contributed by atoms with van der Waals surface area (Å²) in [5, 5.41) is 0. The van der Waals surface area contributed by atoms with Crippen LogP contribution in [0.3, 0.4) is 0 Å². The van der Waals surface area contributed by atoms with E-state index >= 15 is 0 Å². The number of pyridine rings is 1. The Morgan fingerprint density at radius 3 is 2.70 bits per heavy atom. The number of nitrogens with two attached hydrogens (primary N) is 1. The molecule has 0 aliphatic carbocycles. The normalized spacial score (nSPS) is 11.6. The number of rotatable bonds is 5. The Bertz CT molecular complexity index is 690. The molecule has 0 bridgehead atoms.